The van der Waals surface area contributed by atoms with E-state index in [2.05, 4.69) is 27.6 Å². The number of halogens is 2. The molecular weight excluding hydrogens is 497 g/mol. The van der Waals surface area contributed by atoms with Crippen molar-refractivity contribution in [2.24, 2.45) is 0 Å². The quantitative estimate of drug-likeness (QED) is 0.258. The van der Waals surface area contributed by atoms with Gasteiger partial charge in [0.25, 0.3) is 5.91 Å². The number of ether oxygens (including phenoxy) is 1. The molecule has 0 spiro atoms. The Balaban J connectivity index is 1.17. The highest BCUT2D eigenvalue weighted by Gasteiger charge is 2.15. The molecule has 0 unspecified atom stereocenters. The van der Waals surface area contributed by atoms with Gasteiger partial charge in [-0.1, -0.05) is 77.8 Å². The number of hydrogen-bond donors (Lipinski definition) is 1. The van der Waals surface area contributed by atoms with Crippen LogP contribution in [0.4, 0.5) is 5.82 Å². The topological polar surface area (TPSA) is 74.0 Å². The molecule has 1 amide bonds. The average molecular weight is 518 g/mol. The third-order valence-corrected chi connectivity index (χ3v) is 5.93. The third kappa shape index (κ3) is 5.76. The lowest BCUT2D eigenvalue weighted by Crippen LogP contribution is -2.15. The number of benzene rings is 3. The molecule has 3 aromatic carbocycles. The van der Waals surface area contributed by atoms with Gasteiger partial charge in [0.05, 0.1) is 6.54 Å². The van der Waals surface area contributed by atoms with Gasteiger partial charge < -0.3 is 10.1 Å². The maximum atomic E-state index is 12.7. The van der Waals surface area contributed by atoms with Gasteiger partial charge in [-0.05, 0) is 47.0 Å². The zero-order chi connectivity index (χ0) is 24.9. The molecule has 0 aliphatic carbocycles. The number of hydrogen-bond acceptors (Lipinski definition) is 4. The van der Waals surface area contributed by atoms with Crippen LogP contribution < -0.4 is 10.1 Å². The van der Waals surface area contributed by atoms with Crippen LogP contribution in [0.25, 0.3) is 11.1 Å². The molecule has 36 heavy (non-hydrogen) atoms. The summed E-state index contributed by atoms with van der Waals surface area (Å²) in [5.74, 6) is 0.550. The highest BCUT2D eigenvalue weighted by atomic mass is 35.5. The van der Waals surface area contributed by atoms with Crippen molar-refractivity contribution in [3.8, 4) is 16.9 Å². The monoisotopic (exact) mass is 517 g/mol. The normalized spacial score (nSPS) is 10.8. The summed E-state index contributed by atoms with van der Waals surface area (Å²) in [4.78, 5) is 12.7. The van der Waals surface area contributed by atoms with E-state index in [4.69, 9.17) is 27.9 Å². The van der Waals surface area contributed by atoms with Gasteiger partial charge in [-0.25, -0.2) is 4.68 Å². The molecule has 0 fully saturated rings. The Kier molecular flexibility index (Phi) is 7.02. The minimum Gasteiger partial charge on any atom is -0.471 e. The first-order valence-corrected chi connectivity index (χ1v) is 11.9. The van der Waals surface area contributed by atoms with E-state index in [0.717, 1.165) is 16.7 Å². The second-order valence-electron chi connectivity index (χ2n) is 8.01. The van der Waals surface area contributed by atoms with Crippen LogP contribution in [0.15, 0.2) is 97.3 Å². The number of carbonyl (C=O) groups excluding carboxylic acids is 1. The molecule has 2 heterocycles. The summed E-state index contributed by atoms with van der Waals surface area (Å²) >= 11 is 12.2. The van der Waals surface area contributed by atoms with Gasteiger partial charge in [-0.3, -0.25) is 9.48 Å². The van der Waals surface area contributed by atoms with E-state index < -0.39 is 5.91 Å². The van der Waals surface area contributed by atoms with Gasteiger partial charge in [0.15, 0.2) is 18.2 Å². The van der Waals surface area contributed by atoms with Gasteiger partial charge in [0.1, 0.15) is 10.8 Å². The minimum absolute atomic E-state index is 0.161. The Morgan fingerprint density at radius 2 is 1.56 bits per heavy atom. The van der Waals surface area contributed by atoms with Gasteiger partial charge in [-0.15, -0.1) is 0 Å². The molecule has 5 aromatic rings. The average Bonchev–Trinajstić information content (AvgIpc) is 3.51. The Hall–Kier alpha value is -4.07. The van der Waals surface area contributed by atoms with E-state index in [9.17, 15) is 4.79 Å². The second-order valence-corrected chi connectivity index (χ2v) is 8.85. The Morgan fingerprint density at radius 1 is 0.833 bits per heavy atom. The number of amides is 1. The van der Waals surface area contributed by atoms with Crippen LogP contribution in [0.5, 0.6) is 5.75 Å². The Morgan fingerprint density at radius 3 is 2.31 bits per heavy atom. The lowest BCUT2D eigenvalue weighted by molar-refractivity contribution is 0.101. The zero-order valence-electron chi connectivity index (χ0n) is 19.0. The van der Waals surface area contributed by atoms with Crippen LogP contribution in [-0.4, -0.2) is 25.5 Å². The first kappa shape index (κ1) is 23.7. The Bertz CT molecular complexity index is 1460. The van der Waals surface area contributed by atoms with Crippen LogP contribution in [0.1, 0.15) is 16.1 Å². The van der Waals surface area contributed by atoms with Crippen molar-refractivity contribution in [3.63, 3.8) is 0 Å². The van der Waals surface area contributed by atoms with Crippen molar-refractivity contribution in [2.45, 2.75) is 13.3 Å². The van der Waals surface area contributed by atoms with E-state index in [1.165, 1.54) is 0 Å². The fraction of sp³-hybridized carbons (Fsp3) is 0.0741. The number of carbonyl (C=O) groups is 1. The summed E-state index contributed by atoms with van der Waals surface area (Å²) in [6, 6.07) is 27.0. The molecule has 2 aromatic heterocycles. The van der Waals surface area contributed by atoms with Gasteiger partial charge >= 0.3 is 0 Å². The summed E-state index contributed by atoms with van der Waals surface area (Å²) in [7, 11) is 0. The maximum Gasteiger partial charge on any atom is 0.277 e. The predicted molar refractivity (Wildman–Crippen MR) is 140 cm³/mol. The minimum atomic E-state index is -0.417. The molecule has 0 atom stereocenters. The van der Waals surface area contributed by atoms with Crippen molar-refractivity contribution in [3.05, 3.63) is 119 Å². The molecule has 0 aliphatic rings. The lowest BCUT2D eigenvalue weighted by atomic mass is 10.1. The summed E-state index contributed by atoms with van der Waals surface area (Å²) in [5.41, 5.74) is 3.48. The zero-order valence-corrected chi connectivity index (χ0v) is 20.5. The van der Waals surface area contributed by atoms with Crippen molar-refractivity contribution < 1.29 is 9.53 Å². The molecule has 0 bridgehead atoms. The van der Waals surface area contributed by atoms with E-state index in [1.807, 2.05) is 66.7 Å². The first-order valence-electron chi connectivity index (χ1n) is 11.1. The van der Waals surface area contributed by atoms with Crippen molar-refractivity contribution in [1.29, 1.82) is 0 Å². The summed E-state index contributed by atoms with van der Waals surface area (Å²) < 4.78 is 9.00. The fourth-order valence-electron chi connectivity index (χ4n) is 3.58. The van der Waals surface area contributed by atoms with Crippen LogP contribution in [0.2, 0.25) is 10.0 Å². The number of rotatable bonds is 8. The van der Waals surface area contributed by atoms with E-state index in [0.29, 0.717) is 22.3 Å². The van der Waals surface area contributed by atoms with E-state index in [-0.39, 0.29) is 18.2 Å². The van der Waals surface area contributed by atoms with Crippen LogP contribution >= 0.6 is 23.2 Å². The van der Waals surface area contributed by atoms with E-state index in [1.54, 1.807) is 27.8 Å². The second kappa shape index (κ2) is 10.7. The van der Waals surface area contributed by atoms with Gasteiger partial charge in [-0.2, -0.15) is 10.2 Å². The standard InChI is InChI=1S/C27H21Cl2N5O2/c28-22-10-6-19(7-11-22)16-34-17-24(29)26(32-34)30-27(35)25-14-15-33(31-25)18-36-23-12-8-21(9-13-23)20-4-2-1-3-5-20/h1-15,17H,16,18H2,(H,30,32,35). The predicted octanol–water partition coefficient (Wildman–Crippen LogP) is 6.39. The molecule has 5 rings (SSSR count). The summed E-state index contributed by atoms with van der Waals surface area (Å²) in [5, 5.41) is 12.4. The summed E-state index contributed by atoms with van der Waals surface area (Å²) in [6.45, 7) is 0.652. The number of anilines is 1. The number of nitrogens with one attached hydrogen (secondary N) is 1. The molecule has 0 saturated carbocycles. The number of aromatic nitrogens is 4. The molecule has 9 heteroatoms. The fourth-order valence-corrected chi connectivity index (χ4v) is 3.90. The Labute approximate surface area is 217 Å². The van der Waals surface area contributed by atoms with E-state index >= 15 is 0 Å². The highest BCUT2D eigenvalue weighted by Crippen LogP contribution is 2.23. The summed E-state index contributed by atoms with van der Waals surface area (Å²) in [6.07, 6.45) is 3.33. The van der Waals surface area contributed by atoms with Gasteiger partial charge in [0, 0.05) is 17.4 Å². The number of nitrogens with zero attached hydrogens (tertiary/aromatic N) is 4. The van der Waals surface area contributed by atoms with Gasteiger partial charge in [0.2, 0.25) is 0 Å². The molecule has 0 aliphatic heterocycles. The molecular formula is C27H21Cl2N5O2. The van der Waals surface area contributed by atoms with Crippen molar-refractivity contribution in [2.75, 3.05) is 5.32 Å². The van der Waals surface area contributed by atoms with Crippen LogP contribution in [0.3, 0.4) is 0 Å². The molecule has 0 saturated heterocycles. The van der Waals surface area contributed by atoms with Crippen LogP contribution in [0, 0.1) is 0 Å². The van der Waals surface area contributed by atoms with Crippen molar-refractivity contribution in [1.82, 2.24) is 19.6 Å². The molecule has 7 nitrogen and oxygen atoms in total. The highest BCUT2D eigenvalue weighted by molar-refractivity contribution is 6.33. The molecule has 180 valence electrons. The smallest absolute Gasteiger partial charge is 0.277 e. The van der Waals surface area contributed by atoms with Crippen molar-refractivity contribution >= 4 is 34.9 Å². The third-order valence-electron chi connectivity index (χ3n) is 5.41. The maximum absolute atomic E-state index is 12.7. The molecule has 0 radical (unpaired) electrons. The van der Waals surface area contributed by atoms with Crippen LogP contribution in [-0.2, 0) is 13.3 Å². The first-order chi connectivity index (χ1) is 17.5. The largest absolute Gasteiger partial charge is 0.471 e. The molecule has 1 N–H and O–H groups in total. The SMILES string of the molecule is O=C(Nc1nn(Cc2ccc(Cl)cc2)cc1Cl)c1ccn(COc2ccc(-c3ccccc3)cc2)n1. The lowest BCUT2D eigenvalue weighted by Gasteiger charge is -2.07.